The number of hydrogen-bond acceptors (Lipinski definition) is 1. The summed E-state index contributed by atoms with van der Waals surface area (Å²) < 4.78 is 39.9. The fraction of sp³-hybridized carbons (Fsp3) is 0. The van der Waals surface area contributed by atoms with E-state index >= 15 is 0 Å². The van der Waals surface area contributed by atoms with Crippen molar-refractivity contribution in [1.82, 2.24) is 0 Å². The summed E-state index contributed by atoms with van der Waals surface area (Å²) in [7, 11) is -6.00. The normalized spacial score (nSPS) is 9.07. The van der Waals surface area contributed by atoms with E-state index in [1.807, 2.05) is 24.3 Å². The van der Waals surface area contributed by atoms with Gasteiger partial charge in [-0.25, -0.2) is 0 Å². The van der Waals surface area contributed by atoms with E-state index in [0.717, 1.165) is 9.50 Å². The molecule has 0 spiro atoms. The average Bonchev–Trinajstić information content (AvgIpc) is 2.11. The monoisotopic (exact) mass is 306 g/mol. The molecule has 0 aliphatic rings. The molecule has 0 radical (unpaired) electrons. The van der Waals surface area contributed by atoms with E-state index in [2.05, 4.69) is 15.9 Å². The van der Waals surface area contributed by atoms with Gasteiger partial charge < -0.3 is 17.3 Å². The summed E-state index contributed by atoms with van der Waals surface area (Å²) in [5.74, 6) is 0. The van der Waals surface area contributed by atoms with Crippen LogP contribution in [0.1, 0.15) is 0 Å². The van der Waals surface area contributed by atoms with Crippen LogP contribution >= 0.6 is 27.5 Å². The first-order valence-corrected chi connectivity index (χ1v) is 4.47. The Hall–Kier alpha value is -0.805. The Labute approximate surface area is 96.9 Å². The molecular weight excluding hydrogens is 302 g/mol. The Morgan fingerprint density at radius 3 is 1.67 bits per heavy atom. The minimum Gasteiger partial charge on any atom is -0.418 e. The average molecular weight is 307 g/mol. The van der Waals surface area contributed by atoms with Gasteiger partial charge in [0, 0.05) is 4.47 Å². The van der Waals surface area contributed by atoms with Crippen molar-refractivity contribution in [2.45, 2.75) is 0 Å². The topological polar surface area (TPSA) is 47.6 Å². The van der Waals surface area contributed by atoms with Crippen LogP contribution in [0.15, 0.2) is 28.7 Å². The van der Waals surface area contributed by atoms with Crippen molar-refractivity contribution in [3.8, 4) is 0 Å². The van der Waals surface area contributed by atoms with Gasteiger partial charge in [-0.05, 0) is 28.1 Å². The zero-order valence-corrected chi connectivity index (χ0v) is 9.44. The lowest BCUT2D eigenvalue weighted by Crippen LogP contribution is -2.11. The maximum atomic E-state index is 9.75. The zero-order chi connectivity index (χ0) is 12.5. The second-order valence-corrected chi connectivity index (χ2v) is 3.17. The van der Waals surface area contributed by atoms with Gasteiger partial charge in [0.15, 0.2) is 0 Å². The van der Waals surface area contributed by atoms with Crippen molar-refractivity contribution in [2.24, 2.45) is 0 Å². The fourth-order valence-corrected chi connectivity index (χ4v) is 0.860. The Balaban J connectivity index is 0. The molecule has 0 bridgehead atoms. The van der Waals surface area contributed by atoms with Crippen LogP contribution in [0, 0.1) is 5.39 Å². The zero-order valence-electron chi connectivity index (χ0n) is 7.10. The second kappa shape index (κ2) is 8.50. The number of halogens is 6. The highest BCUT2D eigenvalue weighted by Gasteiger charge is 2.20. The van der Waals surface area contributed by atoms with Gasteiger partial charge in [0.25, 0.3) is 0 Å². The summed E-state index contributed by atoms with van der Waals surface area (Å²) >= 11 is 8.93. The highest BCUT2D eigenvalue weighted by Crippen LogP contribution is 2.20. The summed E-state index contributed by atoms with van der Waals surface area (Å²) in [5.41, 5.74) is 0. The lowest BCUT2D eigenvalue weighted by molar-refractivity contribution is -0.175. The first-order valence-electron chi connectivity index (χ1n) is 3.30. The molecule has 15 heavy (non-hydrogen) atoms. The van der Waals surface area contributed by atoms with Crippen molar-refractivity contribution in [1.29, 1.82) is 5.39 Å². The SMILES string of the molecule is Clc1ccccc1Br.F[B-](F)(F)F.N#[NH+]. The molecule has 0 amide bonds. The molecule has 9 heteroatoms. The highest BCUT2D eigenvalue weighted by molar-refractivity contribution is 9.10. The quantitative estimate of drug-likeness (QED) is 0.447. The van der Waals surface area contributed by atoms with Gasteiger partial charge >= 0.3 is 7.25 Å². The van der Waals surface area contributed by atoms with E-state index in [0.29, 0.717) is 0 Å². The molecule has 0 aliphatic carbocycles. The molecular formula is C6H5BBrClF4N2. The first-order chi connectivity index (χ1) is 6.80. The van der Waals surface area contributed by atoms with E-state index in [4.69, 9.17) is 22.4 Å². The maximum absolute atomic E-state index is 9.75. The molecule has 0 unspecified atom stereocenters. The first kappa shape index (κ1) is 16.6. The van der Waals surface area contributed by atoms with E-state index in [9.17, 15) is 17.3 Å². The third-order valence-corrected chi connectivity index (χ3v) is 2.07. The van der Waals surface area contributed by atoms with Gasteiger partial charge in [-0.1, -0.05) is 23.7 Å². The molecule has 84 valence electrons. The molecule has 1 aromatic carbocycles. The summed E-state index contributed by atoms with van der Waals surface area (Å²) in [6, 6.07) is 7.57. The lowest BCUT2D eigenvalue weighted by atomic mass is 10.3. The molecule has 0 saturated carbocycles. The number of benzene rings is 1. The van der Waals surface area contributed by atoms with E-state index in [-0.39, 0.29) is 0 Å². The van der Waals surface area contributed by atoms with Gasteiger partial charge in [0.2, 0.25) is 5.39 Å². The molecule has 0 aliphatic heterocycles. The van der Waals surface area contributed by atoms with E-state index < -0.39 is 7.25 Å². The Bertz CT molecular complexity index is 280. The third-order valence-electron chi connectivity index (χ3n) is 0.824. The lowest BCUT2D eigenvalue weighted by Gasteiger charge is -1.94. The van der Waals surface area contributed by atoms with Crippen LogP contribution in [-0.2, 0) is 0 Å². The van der Waals surface area contributed by atoms with Crippen LogP contribution in [-0.4, -0.2) is 7.25 Å². The van der Waals surface area contributed by atoms with E-state index in [1.54, 1.807) is 0 Å². The number of nitrogens with one attached hydrogen (secondary N) is 1. The third kappa shape index (κ3) is 15.9. The molecule has 0 aromatic heterocycles. The van der Waals surface area contributed by atoms with Crippen molar-refractivity contribution in [3.63, 3.8) is 0 Å². The predicted octanol–water partition coefficient (Wildman–Crippen LogP) is 2.68. The molecule has 1 aromatic rings. The van der Waals surface area contributed by atoms with Crippen molar-refractivity contribution < 1.29 is 22.7 Å². The van der Waals surface area contributed by atoms with Crippen molar-refractivity contribution >= 4 is 34.8 Å². The standard InChI is InChI=1S/C6H4BrCl.BF4.N2/c7-5-3-1-2-4-6(5)8;2-1(3,4)5;1-2/h1-4H;;/q;-1;/p+1. The number of rotatable bonds is 0. The molecule has 1 rings (SSSR count). The largest absolute Gasteiger partial charge is 0.673 e. The molecule has 1 N–H and O–H groups in total. The maximum Gasteiger partial charge on any atom is 0.673 e. The van der Waals surface area contributed by atoms with Crippen molar-refractivity contribution in [2.75, 3.05) is 0 Å². The second-order valence-electron chi connectivity index (χ2n) is 1.91. The van der Waals surface area contributed by atoms with E-state index in [1.165, 1.54) is 0 Å². The van der Waals surface area contributed by atoms with Crippen LogP contribution < -0.4 is 5.39 Å². The fourth-order valence-electron chi connectivity index (χ4n) is 0.439. The van der Waals surface area contributed by atoms with Gasteiger partial charge in [-0.2, -0.15) is 0 Å². The molecule has 0 fully saturated rings. The highest BCUT2D eigenvalue weighted by atomic mass is 79.9. The molecule has 0 saturated heterocycles. The summed E-state index contributed by atoms with van der Waals surface area (Å²) in [5, 5.41) is 11.8. The summed E-state index contributed by atoms with van der Waals surface area (Å²) in [6.07, 6.45) is 0. The van der Waals surface area contributed by atoms with Gasteiger partial charge in [-0.3, -0.25) is 0 Å². The van der Waals surface area contributed by atoms with Crippen LogP contribution in [0.3, 0.4) is 0 Å². The minimum atomic E-state index is -6.00. The summed E-state index contributed by atoms with van der Waals surface area (Å²) in [4.78, 5) is 0. The number of diazo groups is 1. The van der Waals surface area contributed by atoms with Crippen molar-refractivity contribution in [3.05, 3.63) is 33.8 Å². The summed E-state index contributed by atoms with van der Waals surface area (Å²) in [6.45, 7) is 0. The Kier molecular flexibility index (Phi) is 9.42. The Morgan fingerprint density at radius 2 is 1.47 bits per heavy atom. The Morgan fingerprint density at radius 1 is 1.13 bits per heavy atom. The van der Waals surface area contributed by atoms with Crippen LogP contribution in [0.2, 0.25) is 5.02 Å². The van der Waals surface area contributed by atoms with Gasteiger partial charge in [0.05, 0.1) is 10.4 Å². The molecule has 2 nitrogen and oxygen atoms in total. The van der Waals surface area contributed by atoms with Crippen LogP contribution in [0.25, 0.3) is 0 Å². The number of hydrogen-bond donors (Lipinski definition) is 1. The predicted molar refractivity (Wildman–Crippen MR) is 52.0 cm³/mol. The smallest absolute Gasteiger partial charge is 0.418 e. The van der Waals surface area contributed by atoms with Gasteiger partial charge in [0.1, 0.15) is 0 Å². The van der Waals surface area contributed by atoms with Crippen LogP contribution in [0.4, 0.5) is 17.3 Å². The molecule has 0 heterocycles. The molecule has 0 atom stereocenters. The van der Waals surface area contributed by atoms with Crippen LogP contribution in [0.5, 0.6) is 0 Å². The van der Waals surface area contributed by atoms with Gasteiger partial charge in [-0.15, -0.1) is 0 Å². The minimum absolute atomic E-state index is 0.757. The number of nitrogens with zero attached hydrogens (tertiary/aromatic N) is 1.